The van der Waals surface area contributed by atoms with Gasteiger partial charge in [0.2, 0.25) is 11.7 Å². The minimum Gasteiger partial charge on any atom is -0.502 e. The first-order valence-electron chi connectivity index (χ1n) is 11.2. The number of amides is 1. The van der Waals surface area contributed by atoms with Gasteiger partial charge in [0.25, 0.3) is 0 Å². The van der Waals surface area contributed by atoms with Crippen molar-refractivity contribution in [2.75, 3.05) is 14.2 Å². The zero-order valence-electron chi connectivity index (χ0n) is 19.8. The Morgan fingerprint density at radius 2 is 1.71 bits per heavy atom. The Kier molecular flexibility index (Phi) is 7.05. The van der Waals surface area contributed by atoms with Gasteiger partial charge in [-0.3, -0.25) is 4.79 Å². The Morgan fingerprint density at radius 1 is 1.06 bits per heavy atom. The van der Waals surface area contributed by atoms with Gasteiger partial charge in [0.05, 0.1) is 20.6 Å². The molecule has 3 aromatic rings. The van der Waals surface area contributed by atoms with Gasteiger partial charge in [0, 0.05) is 12.5 Å². The summed E-state index contributed by atoms with van der Waals surface area (Å²) >= 11 is 0. The van der Waals surface area contributed by atoms with E-state index in [0.29, 0.717) is 28.8 Å². The van der Waals surface area contributed by atoms with Crippen LogP contribution < -0.4 is 14.8 Å². The maximum absolute atomic E-state index is 16.1. The molecule has 0 heterocycles. The lowest BCUT2D eigenvalue weighted by molar-refractivity contribution is -0.120. The molecule has 0 saturated heterocycles. The second-order valence-electron chi connectivity index (χ2n) is 8.49. The van der Waals surface area contributed by atoms with Crippen LogP contribution >= 0.6 is 0 Å². The molecular formula is C28H27F2NO4. The molecule has 0 radical (unpaired) electrons. The van der Waals surface area contributed by atoms with Crippen molar-refractivity contribution in [3.8, 4) is 17.2 Å². The number of benzene rings is 3. The molecule has 1 aliphatic carbocycles. The predicted molar refractivity (Wildman–Crippen MR) is 130 cm³/mol. The first-order valence-corrected chi connectivity index (χ1v) is 11.2. The molecule has 5 nitrogen and oxygen atoms in total. The van der Waals surface area contributed by atoms with Crippen molar-refractivity contribution in [1.82, 2.24) is 5.32 Å². The molecule has 7 heteroatoms. The molecular weight excluding hydrogens is 452 g/mol. The van der Waals surface area contributed by atoms with Gasteiger partial charge in [-0.25, -0.2) is 8.78 Å². The number of rotatable bonds is 8. The van der Waals surface area contributed by atoms with Crippen LogP contribution in [0.5, 0.6) is 17.2 Å². The standard InChI is InChI=1S/C28H27F2NO4/c1-16-21(14-25(32)31-15-17-7-5-4-6-8-17)22-13-19(29)9-10-20(22)26(16)27(30)18-11-23(34-2)28(33)24(12-18)35-3/h4-13,26-27,33H,14-15H2,1-3H3,(H,31,32). The topological polar surface area (TPSA) is 67.8 Å². The molecule has 2 N–H and O–H groups in total. The number of halogens is 2. The monoisotopic (exact) mass is 479 g/mol. The lowest BCUT2D eigenvalue weighted by atomic mass is 9.87. The highest BCUT2D eigenvalue weighted by Gasteiger charge is 2.37. The number of nitrogens with one attached hydrogen (secondary N) is 1. The first kappa shape index (κ1) is 24.3. The summed E-state index contributed by atoms with van der Waals surface area (Å²) in [5.74, 6) is -1.47. The lowest BCUT2D eigenvalue weighted by Gasteiger charge is -2.21. The minimum absolute atomic E-state index is 0.000556. The summed E-state index contributed by atoms with van der Waals surface area (Å²) in [6, 6.07) is 16.6. The Balaban J connectivity index is 1.66. The number of carbonyl (C=O) groups is 1. The van der Waals surface area contributed by atoms with Gasteiger partial charge in [-0.05, 0) is 59.0 Å². The number of hydrogen-bond acceptors (Lipinski definition) is 4. The molecule has 4 rings (SSSR count). The van der Waals surface area contributed by atoms with E-state index in [4.69, 9.17) is 9.47 Å². The third-order valence-corrected chi connectivity index (χ3v) is 6.40. The molecule has 2 atom stereocenters. The zero-order chi connectivity index (χ0) is 25.1. The van der Waals surface area contributed by atoms with Gasteiger partial charge < -0.3 is 19.9 Å². The van der Waals surface area contributed by atoms with Crippen molar-refractivity contribution in [1.29, 1.82) is 0 Å². The van der Waals surface area contributed by atoms with E-state index in [1.165, 1.54) is 38.5 Å². The number of alkyl halides is 1. The largest absolute Gasteiger partial charge is 0.502 e. The third kappa shape index (κ3) is 4.85. The van der Waals surface area contributed by atoms with Gasteiger partial charge in [-0.2, -0.15) is 0 Å². The Labute approximate surface area is 203 Å². The summed E-state index contributed by atoms with van der Waals surface area (Å²) in [7, 11) is 2.74. The van der Waals surface area contributed by atoms with E-state index in [1.807, 2.05) is 30.3 Å². The Hall–Kier alpha value is -3.87. The van der Waals surface area contributed by atoms with Crippen LogP contribution in [0.1, 0.15) is 47.7 Å². The van der Waals surface area contributed by atoms with E-state index in [0.717, 1.165) is 5.56 Å². The minimum atomic E-state index is -1.55. The fraction of sp³-hybridized carbons (Fsp3) is 0.250. The lowest BCUT2D eigenvalue weighted by Crippen LogP contribution is -2.22. The smallest absolute Gasteiger partial charge is 0.224 e. The van der Waals surface area contributed by atoms with E-state index in [1.54, 1.807) is 13.0 Å². The summed E-state index contributed by atoms with van der Waals surface area (Å²) in [6.45, 7) is 2.13. The highest BCUT2D eigenvalue weighted by molar-refractivity contribution is 5.92. The molecule has 1 amide bonds. The Morgan fingerprint density at radius 3 is 2.34 bits per heavy atom. The van der Waals surface area contributed by atoms with E-state index in [-0.39, 0.29) is 35.1 Å². The molecule has 0 spiro atoms. The van der Waals surface area contributed by atoms with Crippen molar-refractivity contribution < 1.29 is 28.2 Å². The fourth-order valence-corrected chi connectivity index (χ4v) is 4.59. The van der Waals surface area contributed by atoms with Crippen molar-refractivity contribution >= 4 is 11.5 Å². The molecule has 0 bridgehead atoms. The number of allylic oxidation sites excluding steroid dienone is 1. The maximum Gasteiger partial charge on any atom is 0.224 e. The molecule has 0 aliphatic heterocycles. The highest BCUT2D eigenvalue weighted by atomic mass is 19.1. The van der Waals surface area contributed by atoms with Gasteiger partial charge in [-0.15, -0.1) is 0 Å². The Bertz CT molecular complexity index is 1250. The zero-order valence-corrected chi connectivity index (χ0v) is 19.8. The number of carbonyl (C=O) groups excluding carboxylic acids is 1. The number of methoxy groups -OCH3 is 2. The summed E-state index contributed by atoms with van der Waals surface area (Å²) in [4.78, 5) is 12.8. The summed E-state index contributed by atoms with van der Waals surface area (Å²) in [6.07, 6.45) is -1.55. The van der Waals surface area contributed by atoms with Crippen LogP contribution in [0.3, 0.4) is 0 Å². The highest BCUT2D eigenvalue weighted by Crippen LogP contribution is 2.52. The normalized spacial score (nSPS) is 15.5. The van der Waals surface area contributed by atoms with Gasteiger partial charge >= 0.3 is 0 Å². The SMILES string of the molecule is COc1cc(C(F)C2C(C)=C(CC(=O)NCc3ccccc3)c3cc(F)ccc32)cc(OC)c1O. The van der Waals surface area contributed by atoms with Crippen molar-refractivity contribution in [2.45, 2.75) is 32.0 Å². The van der Waals surface area contributed by atoms with E-state index < -0.39 is 17.9 Å². The molecule has 0 aromatic heterocycles. The van der Waals surface area contributed by atoms with Gasteiger partial charge in [-0.1, -0.05) is 42.0 Å². The summed E-state index contributed by atoms with van der Waals surface area (Å²) < 4.78 is 40.6. The average molecular weight is 480 g/mol. The van der Waals surface area contributed by atoms with Crippen molar-refractivity contribution in [3.63, 3.8) is 0 Å². The van der Waals surface area contributed by atoms with E-state index in [9.17, 15) is 14.3 Å². The molecule has 3 aromatic carbocycles. The number of phenolic OH excluding ortho intramolecular Hbond substituents is 1. The second-order valence-corrected chi connectivity index (χ2v) is 8.49. The quantitative estimate of drug-likeness (QED) is 0.426. The van der Waals surface area contributed by atoms with Gasteiger partial charge in [0.1, 0.15) is 12.0 Å². The second kappa shape index (κ2) is 10.2. The number of hydrogen-bond donors (Lipinski definition) is 2. The average Bonchev–Trinajstić information content (AvgIpc) is 3.13. The molecule has 1 aliphatic rings. The van der Waals surface area contributed by atoms with Crippen LogP contribution in [0.2, 0.25) is 0 Å². The van der Waals surface area contributed by atoms with Crippen molar-refractivity contribution in [3.05, 3.63) is 94.3 Å². The molecule has 0 fully saturated rings. The number of fused-ring (bicyclic) bond motifs is 1. The van der Waals surface area contributed by atoms with Crippen LogP contribution in [0.25, 0.3) is 5.57 Å². The number of aromatic hydroxyl groups is 1. The van der Waals surface area contributed by atoms with Gasteiger partial charge in [0.15, 0.2) is 11.5 Å². The summed E-state index contributed by atoms with van der Waals surface area (Å²) in [5, 5.41) is 13.1. The van der Waals surface area contributed by atoms with Crippen LogP contribution in [-0.2, 0) is 11.3 Å². The predicted octanol–water partition coefficient (Wildman–Crippen LogP) is 5.84. The number of ether oxygens (including phenoxy) is 2. The van der Waals surface area contributed by atoms with Crippen LogP contribution in [0, 0.1) is 5.82 Å². The molecule has 0 saturated carbocycles. The molecule has 2 unspecified atom stereocenters. The van der Waals surface area contributed by atoms with Crippen LogP contribution in [0.15, 0.2) is 66.2 Å². The first-order chi connectivity index (χ1) is 16.8. The summed E-state index contributed by atoms with van der Waals surface area (Å²) in [5.41, 5.74) is 3.60. The van der Waals surface area contributed by atoms with Crippen LogP contribution in [-0.4, -0.2) is 25.2 Å². The van der Waals surface area contributed by atoms with E-state index >= 15 is 4.39 Å². The number of phenols is 1. The molecule has 182 valence electrons. The van der Waals surface area contributed by atoms with E-state index in [2.05, 4.69) is 5.32 Å². The molecule has 35 heavy (non-hydrogen) atoms. The van der Waals surface area contributed by atoms with Crippen LogP contribution in [0.4, 0.5) is 8.78 Å². The maximum atomic E-state index is 16.1. The van der Waals surface area contributed by atoms with Crippen molar-refractivity contribution in [2.24, 2.45) is 0 Å². The third-order valence-electron chi connectivity index (χ3n) is 6.40. The fourth-order valence-electron chi connectivity index (χ4n) is 4.59.